The van der Waals surface area contributed by atoms with Crippen LogP contribution in [0.1, 0.15) is 23.9 Å². The molecular formula is C21H22N2O4. The van der Waals surface area contributed by atoms with Crippen molar-refractivity contribution < 1.29 is 19.1 Å². The number of ketones is 1. The van der Waals surface area contributed by atoms with Gasteiger partial charge in [0, 0.05) is 7.11 Å². The number of hydrogen-bond donors (Lipinski definition) is 0. The smallest absolute Gasteiger partial charge is 0.375 e. The molecule has 27 heavy (non-hydrogen) atoms. The van der Waals surface area contributed by atoms with Crippen molar-refractivity contribution in [2.45, 2.75) is 26.5 Å². The van der Waals surface area contributed by atoms with Crippen LogP contribution in [-0.4, -0.2) is 35.0 Å². The summed E-state index contributed by atoms with van der Waals surface area (Å²) in [4.78, 5) is 28.2. The van der Waals surface area contributed by atoms with E-state index in [0.29, 0.717) is 5.82 Å². The molecule has 3 rings (SSSR count). The van der Waals surface area contributed by atoms with E-state index in [1.807, 2.05) is 41.0 Å². The summed E-state index contributed by atoms with van der Waals surface area (Å²) in [6.07, 6.45) is 0.678. The first kappa shape index (κ1) is 18.8. The lowest BCUT2D eigenvalue weighted by molar-refractivity contribution is -0.153. The minimum absolute atomic E-state index is 0.120. The van der Waals surface area contributed by atoms with E-state index in [4.69, 9.17) is 9.47 Å². The number of benzene rings is 2. The van der Waals surface area contributed by atoms with Gasteiger partial charge in [-0.3, -0.25) is 4.79 Å². The normalized spacial score (nSPS) is 10.9. The van der Waals surface area contributed by atoms with Gasteiger partial charge in [-0.1, -0.05) is 36.4 Å². The number of rotatable bonds is 8. The summed E-state index contributed by atoms with van der Waals surface area (Å²) < 4.78 is 11.9. The van der Waals surface area contributed by atoms with Gasteiger partial charge in [-0.25, -0.2) is 9.78 Å². The van der Waals surface area contributed by atoms with Gasteiger partial charge in [0.05, 0.1) is 24.1 Å². The fraction of sp³-hybridized carbons (Fsp3) is 0.286. The Morgan fingerprint density at radius 3 is 2.56 bits per heavy atom. The number of imidazole rings is 1. The molecule has 0 spiro atoms. The monoisotopic (exact) mass is 366 g/mol. The summed E-state index contributed by atoms with van der Waals surface area (Å²) in [6.45, 7) is 2.08. The van der Waals surface area contributed by atoms with Crippen LogP contribution in [0.15, 0.2) is 48.5 Å². The maximum atomic E-state index is 12.1. The maximum absolute atomic E-state index is 12.1. The average molecular weight is 366 g/mol. The fourth-order valence-corrected chi connectivity index (χ4v) is 3.00. The van der Waals surface area contributed by atoms with Crippen LogP contribution in [0, 0.1) is 0 Å². The molecule has 0 bridgehead atoms. The number of carbonyl (C=O) groups is 2. The molecule has 6 nitrogen and oxygen atoms in total. The number of nitrogens with zero attached hydrogens (tertiary/aromatic N) is 2. The molecule has 0 N–H and O–H groups in total. The molecule has 0 fully saturated rings. The van der Waals surface area contributed by atoms with Crippen molar-refractivity contribution in [3.05, 3.63) is 65.5 Å². The van der Waals surface area contributed by atoms with E-state index >= 15 is 0 Å². The highest BCUT2D eigenvalue weighted by Gasteiger charge is 2.20. The van der Waals surface area contributed by atoms with Crippen LogP contribution in [0.2, 0.25) is 0 Å². The van der Waals surface area contributed by atoms with Crippen LogP contribution in [0.25, 0.3) is 11.0 Å². The molecular weight excluding hydrogens is 344 g/mol. The third-order valence-electron chi connectivity index (χ3n) is 4.22. The van der Waals surface area contributed by atoms with Crippen molar-refractivity contribution in [2.75, 3.05) is 13.7 Å². The van der Waals surface area contributed by atoms with E-state index in [1.165, 1.54) is 5.56 Å². The highest BCUT2D eigenvalue weighted by molar-refractivity contribution is 6.34. The van der Waals surface area contributed by atoms with E-state index < -0.39 is 11.8 Å². The number of aromatic nitrogens is 2. The lowest BCUT2D eigenvalue weighted by atomic mass is 10.0. The van der Waals surface area contributed by atoms with Crippen LogP contribution in [0.4, 0.5) is 0 Å². The van der Waals surface area contributed by atoms with Gasteiger partial charge in [-0.2, -0.15) is 0 Å². The van der Waals surface area contributed by atoms with Gasteiger partial charge in [0.25, 0.3) is 0 Å². The molecule has 0 unspecified atom stereocenters. The van der Waals surface area contributed by atoms with Crippen molar-refractivity contribution in [3.8, 4) is 0 Å². The molecule has 0 aliphatic heterocycles. The number of methoxy groups -OCH3 is 1. The highest BCUT2D eigenvalue weighted by atomic mass is 16.5. The number of Topliss-reactive ketones (excluding diaryl/α,β-unsaturated/α-hetero) is 1. The molecule has 140 valence electrons. The summed E-state index contributed by atoms with van der Waals surface area (Å²) in [5.41, 5.74) is 3.98. The van der Waals surface area contributed by atoms with Crippen LogP contribution >= 0.6 is 0 Å². The first-order chi connectivity index (χ1) is 13.1. The molecule has 1 heterocycles. The maximum Gasteiger partial charge on any atom is 0.375 e. The highest BCUT2D eigenvalue weighted by Crippen LogP contribution is 2.21. The van der Waals surface area contributed by atoms with Gasteiger partial charge in [0.1, 0.15) is 12.6 Å². The molecule has 1 aromatic heterocycles. The summed E-state index contributed by atoms with van der Waals surface area (Å²) in [5, 5.41) is 0. The fourth-order valence-electron chi connectivity index (χ4n) is 3.00. The number of carbonyl (C=O) groups excluding carboxylic acids is 2. The predicted octanol–water partition coefficient (Wildman–Crippen LogP) is 2.91. The summed E-state index contributed by atoms with van der Waals surface area (Å²) in [7, 11) is 1.58. The van der Waals surface area contributed by atoms with Crippen molar-refractivity contribution >= 4 is 22.8 Å². The Balaban J connectivity index is 1.92. The minimum Gasteiger partial charge on any atom is -0.460 e. The Hall–Kier alpha value is -2.99. The number of fused-ring (bicyclic) bond motifs is 1. The molecule has 0 atom stereocenters. The summed E-state index contributed by atoms with van der Waals surface area (Å²) in [5.74, 6) is -0.964. The standard InChI is InChI=1S/C21H22N2O4/c1-3-27-21(25)19(24)13-20-22-17-10-9-16(11-15-7-5-4-6-8-15)12-18(17)23(20)14-26-2/h4-10,12H,3,11,13-14H2,1-2H3. The van der Waals surface area contributed by atoms with E-state index in [-0.39, 0.29) is 19.8 Å². The Morgan fingerprint density at radius 1 is 1.07 bits per heavy atom. The second-order valence-electron chi connectivity index (χ2n) is 6.18. The first-order valence-corrected chi connectivity index (χ1v) is 8.83. The topological polar surface area (TPSA) is 70.4 Å². The second-order valence-corrected chi connectivity index (χ2v) is 6.18. The van der Waals surface area contributed by atoms with E-state index in [1.54, 1.807) is 14.0 Å². The van der Waals surface area contributed by atoms with E-state index in [9.17, 15) is 9.59 Å². The lowest BCUT2D eigenvalue weighted by Gasteiger charge is -2.08. The molecule has 2 aromatic carbocycles. The van der Waals surface area contributed by atoms with Crippen molar-refractivity contribution in [3.63, 3.8) is 0 Å². The van der Waals surface area contributed by atoms with Crippen molar-refractivity contribution in [2.24, 2.45) is 0 Å². The Labute approximate surface area is 157 Å². The Bertz CT molecular complexity index is 947. The average Bonchev–Trinajstić information content (AvgIpc) is 3.00. The van der Waals surface area contributed by atoms with Crippen LogP contribution in [0.3, 0.4) is 0 Å². The summed E-state index contributed by atoms with van der Waals surface area (Å²) in [6, 6.07) is 16.2. The van der Waals surface area contributed by atoms with E-state index in [0.717, 1.165) is 23.0 Å². The largest absolute Gasteiger partial charge is 0.460 e. The molecule has 0 aliphatic carbocycles. The first-order valence-electron chi connectivity index (χ1n) is 8.83. The lowest BCUT2D eigenvalue weighted by Crippen LogP contribution is -2.21. The number of esters is 1. The molecule has 0 radical (unpaired) electrons. The quantitative estimate of drug-likeness (QED) is 0.453. The van der Waals surface area contributed by atoms with Gasteiger partial charge < -0.3 is 14.0 Å². The van der Waals surface area contributed by atoms with Gasteiger partial charge >= 0.3 is 5.97 Å². The zero-order valence-corrected chi connectivity index (χ0v) is 15.5. The zero-order chi connectivity index (χ0) is 19.2. The van der Waals surface area contributed by atoms with Crippen LogP contribution < -0.4 is 0 Å². The molecule has 0 amide bonds. The Kier molecular flexibility index (Phi) is 5.98. The van der Waals surface area contributed by atoms with Crippen molar-refractivity contribution in [1.82, 2.24) is 9.55 Å². The van der Waals surface area contributed by atoms with E-state index in [2.05, 4.69) is 17.1 Å². The zero-order valence-electron chi connectivity index (χ0n) is 15.5. The third kappa shape index (κ3) is 4.41. The molecule has 0 saturated heterocycles. The molecule has 0 aliphatic rings. The SMILES string of the molecule is CCOC(=O)C(=O)Cc1nc2ccc(Cc3ccccc3)cc2n1COC. The minimum atomic E-state index is -0.835. The van der Waals surface area contributed by atoms with Crippen LogP contribution in [0.5, 0.6) is 0 Å². The summed E-state index contributed by atoms with van der Waals surface area (Å²) >= 11 is 0. The third-order valence-corrected chi connectivity index (χ3v) is 4.22. The van der Waals surface area contributed by atoms with Crippen LogP contribution in [-0.2, 0) is 38.6 Å². The Morgan fingerprint density at radius 2 is 1.85 bits per heavy atom. The molecule has 6 heteroatoms. The van der Waals surface area contributed by atoms with Gasteiger partial charge in [0.2, 0.25) is 5.78 Å². The molecule has 0 saturated carbocycles. The van der Waals surface area contributed by atoms with Gasteiger partial charge in [-0.15, -0.1) is 0 Å². The number of hydrogen-bond acceptors (Lipinski definition) is 5. The predicted molar refractivity (Wildman–Crippen MR) is 101 cm³/mol. The molecule has 3 aromatic rings. The van der Waals surface area contributed by atoms with Gasteiger partial charge in [0.15, 0.2) is 0 Å². The van der Waals surface area contributed by atoms with Crippen molar-refractivity contribution in [1.29, 1.82) is 0 Å². The number of ether oxygens (including phenoxy) is 2. The van der Waals surface area contributed by atoms with Gasteiger partial charge in [-0.05, 0) is 36.6 Å². The second kappa shape index (κ2) is 8.60.